The van der Waals surface area contributed by atoms with Crippen molar-refractivity contribution >= 4 is 43.2 Å². The lowest BCUT2D eigenvalue weighted by Gasteiger charge is -2.07. The van der Waals surface area contributed by atoms with Crippen molar-refractivity contribution in [3.8, 4) is 0 Å². The zero-order chi connectivity index (χ0) is 20.5. The fourth-order valence-electron chi connectivity index (χ4n) is 2.12. The van der Waals surface area contributed by atoms with Gasteiger partial charge in [0.1, 0.15) is 4.90 Å². The van der Waals surface area contributed by atoms with Crippen LogP contribution in [0.25, 0.3) is 10.2 Å². The third-order valence-electron chi connectivity index (χ3n) is 3.51. The molecule has 0 radical (unpaired) electrons. The van der Waals surface area contributed by atoms with E-state index < -0.39 is 32.8 Å². The number of aryl methyl sites for hydroxylation is 1. The molecule has 0 fully saturated rings. The first kappa shape index (κ1) is 20.0. The molecule has 6 nitrogen and oxygen atoms in total. The van der Waals surface area contributed by atoms with E-state index in [1.807, 2.05) is 0 Å². The lowest BCUT2D eigenvalue weighted by molar-refractivity contribution is -0.163. The summed E-state index contributed by atoms with van der Waals surface area (Å²) >= 11 is 0.761. The Bertz CT molecular complexity index is 1130. The van der Waals surface area contributed by atoms with Crippen molar-refractivity contribution in [2.75, 3.05) is 0 Å². The van der Waals surface area contributed by atoms with Crippen LogP contribution in [0.3, 0.4) is 0 Å². The molecule has 146 valence electrons. The Hall–Kier alpha value is -2.79. The molecule has 0 aliphatic carbocycles. The number of rotatable bonds is 5. The molecule has 0 bridgehead atoms. The van der Waals surface area contributed by atoms with Gasteiger partial charge in [0.05, 0.1) is 10.2 Å². The summed E-state index contributed by atoms with van der Waals surface area (Å²) < 4.78 is 68.2. The Morgan fingerprint density at radius 1 is 1.11 bits per heavy atom. The molecule has 0 N–H and O–H groups in total. The van der Waals surface area contributed by atoms with E-state index in [1.54, 1.807) is 25.1 Å². The van der Waals surface area contributed by atoms with Crippen molar-refractivity contribution in [2.45, 2.75) is 18.0 Å². The van der Waals surface area contributed by atoms with Crippen molar-refractivity contribution < 1.29 is 30.7 Å². The number of fused-ring (bicyclic) bond motifs is 1. The quantitative estimate of drug-likeness (QED) is 0.455. The van der Waals surface area contributed by atoms with Crippen LogP contribution in [0.15, 0.2) is 58.6 Å². The van der Waals surface area contributed by atoms with E-state index in [4.69, 9.17) is 0 Å². The number of alkyl halides is 3. The number of hydrogen-bond donors (Lipinski definition) is 0. The molecule has 11 heteroatoms. The smallest absolute Gasteiger partial charge is 0.282 e. The second-order valence-corrected chi connectivity index (χ2v) is 8.15. The Morgan fingerprint density at radius 2 is 1.75 bits per heavy atom. The zero-order valence-electron chi connectivity index (χ0n) is 14.1. The first-order valence-electron chi connectivity index (χ1n) is 7.64. The molecular weight excluding hydrogens is 417 g/mol. The lowest BCUT2D eigenvalue weighted by Crippen LogP contribution is -2.32. The van der Waals surface area contributed by atoms with E-state index in [0.29, 0.717) is 10.2 Å². The maximum Gasteiger partial charge on any atom is 0.456 e. The third kappa shape index (κ3) is 4.20. The molecule has 0 atom stereocenters. The Labute approximate surface area is 161 Å². The van der Waals surface area contributed by atoms with Crippen LogP contribution >= 0.6 is 11.3 Å². The molecule has 28 heavy (non-hydrogen) atoms. The van der Waals surface area contributed by atoms with Gasteiger partial charge in [0.25, 0.3) is 5.78 Å². The number of aromatic nitrogens is 1. The molecule has 0 unspecified atom stereocenters. The monoisotopic (exact) mass is 428 g/mol. The summed E-state index contributed by atoms with van der Waals surface area (Å²) in [4.78, 5) is 15.4. The fraction of sp³-hybridized carbons (Fsp3) is 0.118. The number of benzene rings is 2. The fourth-order valence-corrected chi connectivity index (χ4v) is 3.79. The van der Waals surface area contributed by atoms with Crippen molar-refractivity contribution in [1.82, 2.24) is 4.98 Å². The predicted molar refractivity (Wildman–Crippen MR) is 96.7 cm³/mol. The van der Waals surface area contributed by atoms with Gasteiger partial charge in [-0.25, -0.2) is 4.98 Å². The first-order valence-corrected chi connectivity index (χ1v) is 9.86. The largest absolute Gasteiger partial charge is 0.456 e. The van der Waals surface area contributed by atoms with Gasteiger partial charge in [-0.2, -0.15) is 21.6 Å². The van der Waals surface area contributed by atoms with E-state index in [-0.39, 0.29) is 4.90 Å². The number of para-hydroxylation sites is 1. The Morgan fingerprint density at radius 3 is 2.36 bits per heavy atom. The van der Waals surface area contributed by atoms with Crippen LogP contribution in [0.1, 0.15) is 10.6 Å². The van der Waals surface area contributed by atoms with Gasteiger partial charge in [-0.1, -0.05) is 35.0 Å². The Balaban J connectivity index is 2.03. The number of thiazole rings is 1. The van der Waals surface area contributed by atoms with Crippen LogP contribution in [-0.2, 0) is 19.2 Å². The number of ketones is 1. The highest BCUT2D eigenvalue weighted by Gasteiger charge is 2.44. The number of nitrogens with zero attached hydrogens (tertiary/aromatic N) is 2. The van der Waals surface area contributed by atoms with Gasteiger partial charge in [-0.05, 0) is 31.2 Å². The van der Waals surface area contributed by atoms with Crippen LogP contribution in [0.2, 0.25) is 0 Å². The molecule has 0 saturated heterocycles. The molecule has 3 rings (SSSR count). The van der Waals surface area contributed by atoms with Crippen LogP contribution in [0.5, 0.6) is 0 Å². The molecular formula is C17H11F3N2O4S2. The summed E-state index contributed by atoms with van der Waals surface area (Å²) in [5.74, 6) is -2.36. The minimum Gasteiger partial charge on any atom is -0.282 e. The predicted octanol–water partition coefficient (Wildman–Crippen LogP) is 3.85. The molecule has 0 saturated carbocycles. The normalized spacial score (nSPS) is 12.9. The summed E-state index contributed by atoms with van der Waals surface area (Å²) in [6, 6.07) is 11.8. The Kier molecular flexibility index (Phi) is 5.22. The molecule has 1 aromatic heterocycles. The molecule has 0 amide bonds. The molecule has 2 aromatic carbocycles. The van der Waals surface area contributed by atoms with Crippen LogP contribution < -0.4 is 0 Å². The number of carbonyl (C=O) groups is 1. The number of Topliss-reactive ketones (excluding diaryl/α,β-unsaturated/α-hetero) is 1. The molecule has 1 heterocycles. The van der Waals surface area contributed by atoms with Crippen molar-refractivity contribution in [1.29, 1.82) is 0 Å². The zero-order valence-corrected chi connectivity index (χ0v) is 15.7. The van der Waals surface area contributed by atoms with E-state index in [9.17, 15) is 26.4 Å². The van der Waals surface area contributed by atoms with E-state index in [1.165, 1.54) is 30.3 Å². The van der Waals surface area contributed by atoms with E-state index in [2.05, 4.69) is 14.4 Å². The highest BCUT2D eigenvalue weighted by atomic mass is 32.2. The number of hydrogen-bond acceptors (Lipinski definition) is 7. The second kappa shape index (κ2) is 7.32. The van der Waals surface area contributed by atoms with Crippen LogP contribution in [-0.4, -0.2) is 31.1 Å². The lowest BCUT2D eigenvalue weighted by atomic mass is 10.2. The van der Waals surface area contributed by atoms with Gasteiger partial charge in [-0.15, -0.1) is 11.3 Å². The van der Waals surface area contributed by atoms with Gasteiger partial charge in [0.15, 0.2) is 10.7 Å². The summed E-state index contributed by atoms with van der Waals surface area (Å²) in [6.07, 6.45) is -5.28. The third-order valence-corrected chi connectivity index (χ3v) is 5.67. The van der Waals surface area contributed by atoms with E-state index >= 15 is 0 Å². The maximum atomic E-state index is 13.0. The maximum absolute atomic E-state index is 13.0. The SMILES string of the molecule is Cc1ccc(S(=O)(=O)ON=C(C(=O)C(F)(F)F)c2nc3ccccc3s2)cc1. The van der Waals surface area contributed by atoms with Gasteiger partial charge >= 0.3 is 16.3 Å². The average Bonchev–Trinajstić information content (AvgIpc) is 3.05. The molecule has 0 spiro atoms. The standard InChI is InChI=1S/C17H11F3N2O4S2/c1-10-6-8-11(9-7-10)28(24,25)26-22-14(15(23)17(18,19)20)16-21-12-4-2-3-5-13(12)27-16/h2-9H,1H3. The number of halogens is 3. The molecule has 0 aliphatic heterocycles. The van der Waals surface area contributed by atoms with Crippen molar-refractivity contribution in [3.05, 3.63) is 59.1 Å². The van der Waals surface area contributed by atoms with Gasteiger partial charge in [0, 0.05) is 0 Å². The minimum atomic E-state index is -5.28. The highest BCUT2D eigenvalue weighted by Crippen LogP contribution is 2.26. The van der Waals surface area contributed by atoms with Crippen molar-refractivity contribution in [3.63, 3.8) is 0 Å². The first-order chi connectivity index (χ1) is 13.1. The van der Waals surface area contributed by atoms with Gasteiger partial charge < -0.3 is 0 Å². The van der Waals surface area contributed by atoms with E-state index in [0.717, 1.165) is 16.9 Å². The van der Waals surface area contributed by atoms with Crippen molar-refractivity contribution in [2.24, 2.45) is 5.16 Å². The topological polar surface area (TPSA) is 85.7 Å². The summed E-state index contributed by atoms with van der Waals surface area (Å²) in [5.41, 5.74) is -0.124. The number of carbonyl (C=O) groups excluding carboxylic acids is 1. The molecule has 0 aliphatic rings. The molecule has 3 aromatic rings. The van der Waals surface area contributed by atoms with Crippen LogP contribution in [0, 0.1) is 6.92 Å². The van der Waals surface area contributed by atoms with Crippen LogP contribution in [0.4, 0.5) is 13.2 Å². The summed E-state index contributed by atoms with van der Waals surface area (Å²) in [5, 5.41) is 2.63. The number of oxime groups is 1. The average molecular weight is 428 g/mol. The summed E-state index contributed by atoms with van der Waals surface area (Å²) in [6.45, 7) is 1.72. The second-order valence-electron chi connectivity index (χ2n) is 5.60. The minimum absolute atomic E-state index is 0.315. The summed E-state index contributed by atoms with van der Waals surface area (Å²) in [7, 11) is -4.52. The van der Waals surface area contributed by atoms with Gasteiger partial charge in [0.2, 0.25) is 0 Å². The highest BCUT2D eigenvalue weighted by molar-refractivity contribution is 7.86. The van der Waals surface area contributed by atoms with Gasteiger partial charge in [-0.3, -0.25) is 9.08 Å².